The van der Waals surface area contributed by atoms with Crippen molar-refractivity contribution in [1.82, 2.24) is 9.78 Å². The first-order valence-corrected chi connectivity index (χ1v) is 5.84. The van der Waals surface area contributed by atoms with Crippen molar-refractivity contribution in [2.75, 3.05) is 6.61 Å². The van der Waals surface area contributed by atoms with Gasteiger partial charge in [0.1, 0.15) is 5.60 Å². The summed E-state index contributed by atoms with van der Waals surface area (Å²) in [5, 5.41) is 15.0. The molecule has 2 atom stereocenters. The predicted octanol–water partition coefficient (Wildman–Crippen LogP) is 1.59. The molecule has 16 heavy (non-hydrogen) atoms. The zero-order valence-electron chi connectivity index (χ0n) is 10.2. The van der Waals surface area contributed by atoms with Crippen LogP contribution in [0.4, 0.5) is 0 Å². The Labute approximate surface area is 96.2 Å². The second-order valence-corrected chi connectivity index (χ2v) is 4.98. The summed E-state index contributed by atoms with van der Waals surface area (Å²) >= 11 is 0. The first-order chi connectivity index (χ1) is 7.47. The Morgan fingerprint density at radius 3 is 2.94 bits per heavy atom. The molecule has 1 aromatic rings. The summed E-state index contributed by atoms with van der Waals surface area (Å²) in [5.74, 6) is 0. The van der Waals surface area contributed by atoms with Crippen molar-refractivity contribution in [2.24, 2.45) is 7.05 Å². The van der Waals surface area contributed by atoms with Crippen LogP contribution in [0.5, 0.6) is 0 Å². The molecule has 0 aromatic carbocycles. The number of ether oxygens (including phenoxy) is 1. The van der Waals surface area contributed by atoms with Crippen LogP contribution in [0.15, 0.2) is 12.3 Å². The molecule has 0 saturated carbocycles. The van der Waals surface area contributed by atoms with Gasteiger partial charge in [0.25, 0.3) is 0 Å². The molecular weight excluding hydrogens is 204 g/mol. The summed E-state index contributed by atoms with van der Waals surface area (Å²) in [6, 6.07) is 1.89. The molecule has 2 unspecified atom stereocenters. The molecule has 0 spiro atoms. The van der Waals surface area contributed by atoms with Gasteiger partial charge in [-0.15, -0.1) is 0 Å². The van der Waals surface area contributed by atoms with Gasteiger partial charge in [-0.25, -0.2) is 0 Å². The van der Waals surface area contributed by atoms with Crippen molar-refractivity contribution in [3.05, 3.63) is 18.0 Å². The minimum atomic E-state index is -0.829. The summed E-state index contributed by atoms with van der Waals surface area (Å²) < 4.78 is 7.47. The van der Waals surface area contributed by atoms with E-state index in [1.807, 2.05) is 19.3 Å². The molecule has 0 amide bonds. The molecule has 4 heteroatoms. The Morgan fingerprint density at radius 2 is 2.38 bits per heavy atom. The van der Waals surface area contributed by atoms with Crippen LogP contribution in [0.2, 0.25) is 0 Å². The van der Waals surface area contributed by atoms with Crippen molar-refractivity contribution in [3.63, 3.8) is 0 Å². The fourth-order valence-corrected chi connectivity index (χ4v) is 2.33. The molecule has 1 aliphatic rings. The van der Waals surface area contributed by atoms with E-state index in [2.05, 4.69) is 18.9 Å². The Bertz CT molecular complexity index is 377. The van der Waals surface area contributed by atoms with E-state index in [-0.39, 0.29) is 5.60 Å². The van der Waals surface area contributed by atoms with E-state index in [9.17, 15) is 5.11 Å². The third kappa shape index (κ3) is 1.99. The molecule has 1 fully saturated rings. The third-order valence-corrected chi connectivity index (χ3v) is 3.57. The van der Waals surface area contributed by atoms with Crippen LogP contribution in [-0.4, -0.2) is 27.1 Å². The second-order valence-electron chi connectivity index (χ2n) is 4.98. The fourth-order valence-electron chi connectivity index (χ4n) is 2.33. The average molecular weight is 224 g/mol. The summed E-state index contributed by atoms with van der Waals surface area (Å²) in [5.41, 5.74) is -0.299. The molecule has 0 aliphatic carbocycles. The normalized spacial score (nSPS) is 35.2. The van der Waals surface area contributed by atoms with Gasteiger partial charge in [-0.1, -0.05) is 6.92 Å². The number of aliphatic hydroxyl groups is 1. The van der Waals surface area contributed by atoms with Gasteiger partial charge in [-0.3, -0.25) is 4.68 Å². The summed E-state index contributed by atoms with van der Waals surface area (Å²) in [6.45, 7) is 4.74. The molecule has 2 heterocycles. The SMILES string of the molecule is CCC1(C)CC(O)(c2ccn(C)n2)CCO1. The van der Waals surface area contributed by atoms with Gasteiger partial charge in [0, 0.05) is 26.1 Å². The van der Waals surface area contributed by atoms with E-state index in [4.69, 9.17) is 4.74 Å². The molecule has 0 radical (unpaired) electrons. The average Bonchev–Trinajstić information content (AvgIpc) is 2.65. The fraction of sp³-hybridized carbons (Fsp3) is 0.750. The minimum absolute atomic E-state index is 0.232. The number of aryl methyl sites for hydroxylation is 1. The number of rotatable bonds is 2. The van der Waals surface area contributed by atoms with Crippen LogP contribution in [0, 0.1) is 0 Å². The first-order valence-electron chi connectivity index (χ1n) is 5.84. The molecule has 1 N–H and O–H groups in total. The Balaban J connectivity index is 2.25. The highest BCUT2D eigenvalue weighted by Crippen LogP contribution is 2.40. The maximum absolute atomic E-state index is 10.7. The van der Waals surface area contributed by atoms with Crippen molar-refractivity contribution in [2.45, 2.75) is 44.3 Å². The molecular formula is C12H20N2O2. The van der Waals surface area contributed by atoms with Crippen molar-refractivity contribution in [3.8, 4) is 0 Å². The lowest BCUT2D eigenvalue weighted by molar-refractivity contribution is -0.159. The quantitative estimate of drug-likeness (QED) is 0.829. The minimum Gasteiger partial charge on any atom is -0.383 e. The van der Waals surface area contributed by atoms with Crippen LogP contribution in [-0.2, 0) is 17.4 Å². The predicted molar refractivity (Wildman–Crippen MR) is 61.0 cm³/mol. The molecule has 1 aromatic heterocycles. The lowest BCUT2D eigenvalue weighted by atomic mass is 9.80. The van der Waals surface area contributed by atoms with E-state index in [1.165, 1.54) is 0 Å². The maximum Gasteiger partial charge on any atom is 0.113 e. The van der Waals surface area contributed by atoms with Crippen LogP contribution in [0.25, 0.3) is 0 Å². The molecule has 2 rings (SSSR count). The van der Waals surface area contributed by atoms with Crippen LogP contribution >= 0.6 is 0 Å². The van der Waals surface area contributed by atoms with Gasteiger partial charge in [0.05, 0.1) is 17.9 Å². The molecule has 1 aliphatic heterocycles. The second kappa shape index (κ2) is 3.86. The van der Waals surface area contributed by atoms with Crippen LogP contribution < -0.4 is 0 Å². The standard InChI is InChI=1S/C12H20N2O2/c1-4-11(2)9-12(15,6-8-16-11)10-5-7-14(3)13-10/h5,7,15H,4,6,8-9H2,1-3H3. The lowest BCUT2D eigenvalue weighted by Crippen LogP contribution is -2.45. The zero-order valence-corrected chi connectivity index (χ0v) is 10.2. The number of hydrogen-bond donors (Lipinski definition) is 1. The Morgan fingerprint density at radius 1 is 1.62 bits per heavy atom. The topological polar surface area (TPSA) is 47.3 Å². The van der Waals surface area contributed by atoms with E-state index in [0.29, 0.717) is 19.4 Å². The summed E-state index contributed by atoms with van der Waals surface area (Å²) in [4.78, 5) is 0. The third-order valence-electron chi connectivity index (χ3n) is 3.57. The highest BCUT2D eigenvalue weighted by Gasteiger charge is 2.43. The zero-order chi connectivity index (χ0) is 11.8. The maximum atomic E-state index is 10.7. The van der Waals surface area contributed by atoms with Crippen molar-refractivity contribution >= 4 is 0 Å². The van der Waals surface area contributed by atoms with E-state index in [1.54, 1.807) is 4.68 Å². The van der Waals surface area contributed by atoms with Gasteiger partial charge in [0.15, 0.2) is 0 Å². The monoisotopic (exact) mass is 224 g/mol. The number of aromatic nitrogens is 2. The number of hydrogen-bond acceptors (Lipinski definition) is 3. The lowest BCUT2D eigenvalue weighted by Gasteiger charge is -2.42. The molecule has 90 valence electrons. The number of nitrogens with zero attached hydrogens (tertiary/aromatic N) is 2. The summed E-state index contributed by atoms with van der Waals surface area (Å²) in [6.07, 6.45) is 4.02. The summed E-state index contributed by atoms with van der Waals surface area (Å²) in [7, 11) is 1.87. The highest BCUT2D eigenvalue weighted by atomic mass is 16.5. The van der Waals surface area contributed by atoms with E-state index in [0.717, 1.165) is 12.1 Å². The van der Waals surface area contributed by atoms with Gasteiger partial charge in [-0.05, 0) is 19.4 Å². The highest BCUT2D eigenvalue weighted by molar-refractivity contribution is 5.13. The van der Waals surface area contributed by atoms with Crippen molar-refractivity contribution in [1.29, 1.82) is 0 Å². The Kier molecular flexibility index (Phi) is 2.80. The smallest absolute Gasteiger partial charge is 0.113 e. The van der Waals surface area contributed by atoms with Crippen LogP contribution in [0.3, 0.4) is 0 Å². The van der Waals surface area contributed by atoms with Gasteiger partial charge >= 0.3 is 0 Å². The molecule has 0 bridgehead atoms. The van der Waals surface area contributed by atoms with E-state index < -0.39 is 5.60 Å². The van der Waals surface area contributed by atoms with Crippen molar-refractivity contribution < 1.29 is 9.84 Å². The Hall–Kier alpha value is -0.870. The first kappa shape index (κ1) is 11.6. The molecule has 1 saturated heterocycles. The van der Waals surface area contributed by atoms with Gasteiger partial charge in [0.2, 0.25) is 0 Å². The molecule has 4 nitrogen and oxygen atoms in total. The van der Waals surface area contributed by atoms with Gasteiger partial charge in [-0.2, -0.15) is 5.10 Å². The van der Waals surface area contributed by atoms with E-state index >= 15 is 0 Å². The van der Waals surface area contributed by atoms with Gasteiger partial charge < -0.3 is 9.84 Å². The van der Waals surface area contributed by atoms with Crippen LogP contribution in [0.1, 0.15) is 38.8 Å². The largest absolute Gasteiger partial charge is 0.383 e.